The molecule has 1 aromatic heterocycles. The Labute approximate surface area is 112 Å². The number of pyridine rings is 1. The molecule has 0 aromatic carbocycles. The summed E-state index contributed by atoms with van der Waals surface area (Å²) in [6.45, 7) is 8.05. The minimum atomic E-state index is -0.432. The van der Waals surface area contributed by atoms with E-state index in [1.54, 1.807) is 6.20 Å². The first kappa shape index (κ1) is 12.6. The van der Waals surface area contributed by atoms with Crippen LogP contribution in [0, 0.1) is 0 Å². The molecule has 0 aliphatic carbocycles. The summed E-state index contributed by atoms with van der Waals surface area (Å²) in [6, 6.07) is 1.93. The number of aromatic nitrogens is 1. The smallest absolute Gasteiger partial charge is 0.399 e. The van der Waals surface area contributed by atoms with Crippen LogP contribution < -0.4 is 10.8 Å². The van der Waals surface area contributed by atoms with Crippen LogP contribution in [0.5, 0.6) is 0 Å². The molecule has 0 atom stereocenters. The molecule has 0 bridgehead atoms. The number of carbonyl (C=O) groups is 1. The van der Waals surface area contributed by atoms with Gasteiger partial charge in [0, 0.05) is 17.2 Å². The van der Waals surface area contributed by atoms with Gasteiger partial charge in [-0.05, 0) is 27.7 Å². The topological polar surface area (TPSA) is 60.5 Å². The standard InChI is InChI=1S/C13H17BN2O3/c1-12(2)13(3,4)19-14(18-12)9-5-8-6-10(17)16-11(8)15-7-9/h5,7H,6H2,1-4H3,(H,15,16,17). The van der Waals surface area contributed by atoms with Gasteiger partial charge in [0.15, 0.2) is 0 Å². The summed E-state index contributed by atoms with van der Waals surface area (Å²) < 4.78 is 11.9. The van der Waals surface area contributed by atoms with Crippen LogP contribution in [0.15, 0.2) is 12.3 Å². The molecule has 19 heavy (non-hydrogen) atoms. The number of amides is 1. The molecule has 0 unspecified atom stereocenters. The molecule has 5 nitrogen and oxygen atoms in total. The first-order valence-corrected chi connectivity index (χ1v) is 6.43. The Morgan fingerprint density at radius 3 is 2.53 bits per heavy atom. The molecule has 1 aromatic rings. The van der Waals surface area contributed by atoms with Crippen LogP contribution in [0.3, 0.4) is 0 Å². The van der Waals surface area contributed by atoms with Crippen molar-refractivity contribution in [3.05, 3.63) is 17.8 Å². The number of hydrogen-bond acceptors (Lipinski definition) is 4. The van der Waals surface area contributed by atoms with Gasteiger partial charge in [-0.2, -0.15) is 0 Å². The number of rotatable bonds is 1. The second kappa shape index (κ2) is 3.80. The van der Waals surface area contributed by atoms with Gasteiger partial charge in [0.05, 0.1) is 17.6 Å². The fraction of sp³-hybridized carbons (Fsp3) is 0.538. The quantitative estimate of drug-likeness (QED) is 0.761. The van der Waals surface area contributed by atoms with Crippen LogP contribution in [0.25, 0.3) is 0 Å². The molecule has 3 rings (SSSR count). The molecule has 3 heterocycles. The molecule has 1 amide bonds. The Morgan fingerprint density at radius 2 is 1.89 bits per heavy atom. The Kier molecular flexibility index (Phi) is 2.53. The van der Waals surface area contributed by atoms with Crippen LogP contribution >= 0.6 is 0 Å². The largest absolute Gasteiger partial charge is 0.496 e. The molecule has 2 aliphatic heterocycles. The lowest BCUT2D eigenvalue weighted by Crippen LogP contribution is -2.41. The van der Waals surface area contributed by atoms with Gasteiger partial charge in [0.2, 0.25) is 5.91 Å². The zero-order valence-electron chi connectivity index (χ0n) is 11.6. The van der Waals surface area contributed by atoms with Crippen molar-refractivity contribution in [2.75, 3.05) is 5.32 Å². The highest BCUT2D eigenvalue weighted by Crippen LogP contribution is 2.36. The van der Waals surface area contributed by atoms with Gasteiger partial charge in [-0.15, -0.1) is 0 Å². The number of carbonyl (C=O) groups excluding carboxylic acids is 1. The normalized spacial score (nSPS) is 23.4. The van der Waals surface area contributed by atoms with E-state index in [-0.39, 0.29) is 17.1 Å². The fourth-order valence-electron chi connectivity index (χ4n) is 2.23. The monoisotopic (exact) mass is 260 g/mol. The Bertz CT molecular complexity index is 541. The third kappa shape index (κ3) is 1.95. The van der Waals surface area contributed by atoms with Crippen LogP contribution in [0.1, 0.15) is 33.3 Å². The van der Waals surface area contributed by atoms with E-state index in [1.165, 1.54) is 0 Å². The third-order valence-electron chi connectivity index (χ3n) is 4.12. The van der Waals surface area contributed by atoms with Gasteiger partial charge in [-0.25, -0.2) is 4.98 Å². The second-order valence-electron chi connectivity index (χ2n) is 6.09. The molecule has 1 fully saturated rings. The van der Waals surface area contributed by atoms with Gasteiger partial charge >= 0.3 is 7.12 Å². The summed E-state index contributed by atoms with van der Waals surface area (Å²) in [6.07, 6.45) is 2.07. The Morgan fingerprint density at radius 1 is 1.26 bits per heavy atom. The van der Waals surface area contributed by atoms with Gasteiger partial charge < -0.3 is 14.6 Å². The van der Waals surface area contributed by atoms with Gasteiger partial charge in [-0.1, -0.05) is 6.07 Å². The van der Waals surface area contributed by atoms with E-state index in [4.69, 9.17) is 9.31 Å². The number of nitrogens with one attached hydrogen (secondary N) is 1. The summed E-state index contributed by atoms with van der Waals surface area (Å²) in [4.78, 5) is 15.6. The molecule has 0 spiro atoms. The zero-order chi connectivity index (χ0) is 13.8. The highest BCUT2D eigenvalue weighted by atomic mass is 16.7. The predicted octanol–water partition coefficient (Wildman–Crippen LogP) is 0.875. The number of anilines is 1. The summed E-state index contributed by atoms with van der Waals surface area (Å²) in [5.41, 5.74) is 1.02. The minimum Gasteiger partial charge on any atom is -0.399 e. The SMILES string of the molecule is CC1(C)OB(c2cnc3c(c2)CC(=O)N3)OC1(C)C. The molecule has 0 saturated carbocycles. The predicted molar refractivity (Wildman–Crippen MR) is 72.3 cm³/mol. The second-order valence-corrected chi connectivity index (χ2v) is 6.09. The average molecular weight is 260 g/mol. The van der Waals surface area contributed by atoms with E-state index < -0.39 is 7.12 Å². The summed E-state index contributed by atoms with van der Waals surface area (Å²) in [7, 11) is -0.432. The van der Waals surface area contributed by atoms with E-state index in [9.17, 15) is 4.79 Å². The van der Waals surface area contributed by atoms with Crippen molar-refractivity contribution in [1.29, 1.82) is 0 Å². The van der Waals surface area contributed by atoms with Crippen molar-refractivity contribution in [2.45, 2.75) is 45.3 Å². The number of hydrogen-bond donors (Lipinski definition) is 1. The van der Waals surface area contributed by atoms with Crippen molar-refractivity contribution in [3.8, 4) is 0 Å². The van der Waals surface area contributed by atoms with Gasteiger partial charge in [0.25, 0.3) is 0 Å². The molecular weight excluding hydrogens is 243 g/mol. The lowest BCUT2D eigenvalue weighted by Gasteiger charge is -2.32. The zero-order valence-corrected chi connectivity index (χ0v) is 11.6. The first-order chi connectivity index (χ1) is 8.78. The molecule has 6 heteroatoms. The molecule has 2 aliphatic rings. The molecule has 1 N–H and O–H groups in total. The molecular formula is C13H17BN2O3. The Hall–Kier alpha value is -1.40. The van der Waals surface area contributed by atoms with Crippen LogP contribution in [0.2, 0.25) is 0 Å². The lowest BCUT2D eigenvalue weighted by molar-refractivity contribution is -0.115. The van der Waals surface area contributed by atoms with Crippen LogP contribution in [-0.2, 0) is 20.5 Å². The minimum absolute atomic E-state index is 0.0198. The highest BCUT2D eigenvalue weighted by molar-refractivity contribution is 6.62. The van der Waals surface area contributed by atoms with E-state index in [0.717, 1.165) is 11.0 Å². The fourth-order valence-corrected chi connectivity index (χ4v) is 2.23. The summed E-state index contributed by atoms with van der Waals surface area (Å²) in [5.74, 6) is 0.624. The highest BCUT2D eigenvalue weighted by Gasteiger charge is 2.52. The molecule has 1 saturated heterocycles. The van der Waals surface area contributed by atoms with E-state index >= 15 is 0 Å². The van der Waals surface area contributed by atoms with Crippen molar-refractivity contribution < 1.29 is 14.1 Å². The maximum absolute atomic E-state index is 11.3. The van der Waals surface area contributed by atoms with Crippen molar-refractivity contribution in [2.24, 2.45) is 0 Å². The summed E-state index contributed by atoms with van der Waals surface area (Å²) >= 11 is 0. The first-order valence-electron chi connectivity index (χ1n) is 6.43. The lowest BCUT2D eigenvalue weighted by atomic mass is 9.79. The van der Waals surface area contributed by atoms with Crippen LogP contribution in [-0.4, -0.2) is 29.2 Å². The van der Waals surface area contributed by atoms with E-state index in [2.05, 4.69) is 10.3 Å². The van der Waals surface area contributed by atoms with E-state index in [1.807, 2.05) is 33.8 Å². The van der Waals surface area contributed by atoms with Crippen molar-refractivity contribution in [3.63, 3.8) is 0 Å². The molecule has 100 valence electrons. The van der Waals surface area contributed by atoms with Crippen molar-refractivity contribution in [1.82, 2.24) is 4.98 Å². The summed E-state index contributed by atoms with van der Waals surface area (Å²) in [5, 5.41) is 2.72. The van der Waals surface area contributed by atoms with Crippen LogP contribution in [0.4, 0.5) is 5.82 Å². The average Bonchev–Trinajstić information content (AvgIpc) is 2.74. The maximum Gasteiger partial charge on any atom is 0.496 e. The van der Waals surface area contributed by atoms with Crippen molar-refractivity contribution >= 4 is 24.3 Å². The third-order valence-corrected chi connectivity index (χ3v) is 4.12. The number of nitrogens with zero attached hydrogens (tertiary/aromatic N) is 1. The Balaban J connectivity index is 1.90. The van der Waals surface area contributed by atoms with Gasteiger partial charge in [0.1, 0.15) is 5.82 Å². The van der Waals surface area contributed by atoms with E-state index in [0.29, 0.717) is 12.2 Å². The van der Waals surface area contributed by atoms with Gasteiger partial charge in [-0.3, -0.25) is 4.79 Å². The maximum atomic E-state index is 11.3. The number of fused-ring (bicyclic) bond motifs is 1. The molecule has 0 radical (unpaired) electrons.